The molecule has 0 aliphatic rings. The summed E-state index contributed by atoms with van der Waals surface area (Å²) in [7, 11) is 0. The quantitative estimate of drug-likeness (QED) is 0.354. The molecule has 0 aliphatic heterocycles. The highest BCUT2D eigenvalue weighted by atomic mass is 16.3. The average molecular weight is 317 g/mol. The van der Waals surface area contributed by atoms with Crippen LogP contribution in [0.25, 0.3) is 0 Å². The molecule has 0 fully saturated rings. The van der Waals surface area contributed by atoms with Gasteiger partial charge in [-0.3, -0.25) is 4.79 Å². The van der Waals surface area contributed by atoms with E-state index in [1.807, 2.05) is 0 Å². The van der Waals surface area contributed by atoms with Gasteiger partial charge in [-0.25, -0.2) is 0 Å². The van der Waals surface area contributed by atoms with Crippen molar-refractivity contribution < 1.29 is 9.90 Å². The molecule has 22 heavy (non-hydrogen) atoms. The zero-order valence-corrected chi connectivity index (χ0v) is 14.8. The molecule has 0 spiro atoms. The molecule has 0 radical (unpaired) electrons. The predicted octanol–water partition coefficient (Wildman–Crippen LogP) is 4.87. The van der Waals surface area contributed by atoms with Crippen LogP contribution in [0.3, 0.4) is 0 Å². The van der Waals surface area contributed by atoms with Crippen molar-refractivity contribution in [3.05, 3.63) is 0 Å². The lowest BCUT2D eigenvalue weighted by Gasteiger charge is -2.06. The van der Waals surface area contributed by atoms with Gasteiger partial charge in [0.15, 0.2) is 0 Å². The van der Waals surface area contributed by atoms with E-state index in [4.69, 9.17) is 5.73 Å². The van der Waals surface area contributed by atoms with Crippen LogP contribution in [-0.4, -0.2) is 17.1 Å². The van der Waals surface area contributed by atoms with Crippen molar-refractivity contribution in [2.75, 3.05) is 0 Å². The van der Waals surface area contributed by atoms with Gasteiger partial charge in [0.25, 0.3) is 0 Å². The molecule has 0 saturated heterocycles. The van der Waals surface area contributed by atoms with Crippen molar-refractivity contribution >= 4 is 5.91 Å². The molecule has 1 atom stereocenters. The Kier molecular flexibility index (Phi) is 19.8. The summed E-state index contributed by atoms with van der Waals surface area (Å²) in [6.07, 6.45) is 17.9. The zero-order chi connectivity index (χ0) is 15.8. The van der Waals surface area contributed by atoms with Crippen molar-refractivity contribution in [3.63, 3.8) is 0 Å². The van der Waals surface area contributed by atoms with Gasteiger partial charge in [-0.2, -0.15) is 0 Å². The Hall–Kier alpha value is -0.610. The lowest BCUT2D eigenvalue weighted by Crippen LogP contribution is -2.27. The predicted molar refractivity (Wildman–Crippen MR) is 95.2 cm³/mol. The van der Waals surface area contributed by atoms with Crippen molar-refractivity contribution in [3.8, 4) is 0 Å². The summed E-state index contributed by atoms with van der Waals surface area (Å²) in [6, 6.07) is 0. The first kappa shape index (κ1) is 23.7. The molecule has 1 amide bonds. The Labute approximate surface area is 137 Å². The lowest BCUT2D eigenvalue weighted by molar-refractivity contribution is -0.126. The van der Waals surface area contributed by atoms with Crippen LogP contribution in [-0.2, 0) is 4.79 Å². The minimum atomic E-state index is -0.942. The normalized spacial score (nSPS) is 11.9. The van der Waals surface area contributed by atoms with Gasteiger partial charge in [-0.15, -0.1) is 0 Å². The third kappa shape index (κ3) is 17.4. The Morgan fingerprint density at radius 1 is 0.773 bits per heavy atom. The maximum atomic E-state index is 10.6. The van der Waals surface area contributed by atoms with Crippen LogP contribution in [0.2, 0.25) is 0 Å². The third-order valence-electron chi connectivity index (χ3n) is 4.16. The monoisotopic (exact) mass is 316 g/mol. The van der Waals surface area contributed by atoms with Crippen molar-refractivity contribution in [2.24, 2.45) is 5.73 Å². The summed E-state index contributed by atoms with van der Waals surface area (Å²) in [5.41, 5.74) is 5.00. The van der Waals surface area contributed by atoms with Gasteiger partial charge >= 0.3 is 0 Å². The molecule has 0 rings (SSSR count). The molecule has 6 N–H and O–H groups in total. The fraction of sp³-hybridized carbons (Fsp3) is 0.944. The molecule has 0 bridgehead atoms. The molecule has 4 nitrogen and oxygen atoms in total. The summed E-state index contributed by atoms with van der Waals surface area (Å²) in [5, 5.41) is 9.24. The SMILES string of the molecule is CCCCCCCCCCCCCCCCC(O)C(N)=O.N. The first-order valence-corrected chi connectivity index (χ1v) is 9.16. The molecule has 1 unspecified atom stereocenters. The number of hydrogen-bond donors (Lipinski definition) is 3. The molecule has 0 saturated carbocycles. The largest absolute Gasteiger partial charge is 0.383 e. The fourth-order valence-electron chi connectivity index (χ4n) is 2.67. The van der Waals surface area contributed by atoms with Crippen LogP contribution in [0.5, 0.6) is 0 Å². The van der Waals surface area contributed by atoms with Crippen molar-refractivity contribution in [1.29, 1.82) is 0 Å². The maximum Gasteiger partial charge on any atom is 0.246 e. The van der Waals surface area contributed by atoms with Gasteiger partial charge in [0.1, 0.15) is 6.10 Å². The van der Waals surface area contributed by atoms with E-state index < -0.39 is 12.0 Å². The van der Waals surface area contributed by atoms with E-state index in [0.29, 0.717) is 6.42 Å². The first-order valence-electron chi connectivity index (χ1n) is 9.16. The van der Waals surface area contributed by atoms with Gasteiger partial charge in [0.05, 0.1) is 0 Å². The van der Waals surface area contributed by atoms with E-state index in [9.17, 15) is 9.90 Å². The molecule has 4 heteroatoms. The standard InChI is InChI=1S/C18H37NO2.H3N/c1-2-3-4-5-6-7-8-9-10-11-12-13-14-15-16-17(20)18(19)21;/h17,20H,2-16H2,1H3,(H2,19,21);1H3. The Morgan fingerprint density at radius 2 is 1.09 bits per heavy atom. The highest BCUT2D eigenvalue weighted by Gasteiger charge is 2.09. The van der Waals surface area contributed by atoms with Gasteiger partial charge in [0, 0.05) is 0 Å². The smallest absolute Gasteiger partial charge is 0.246 e. The molecule has 0 aliphatic carbocycles. The number of aliphatic hydroxyl groups is 1. The second-order valence-corrected chi connectivity index (χ2v) is 6.30. The third-order valence-corrected chi connectivity index (χ3v) is 4.16. The van der Waals surface area contributed by atoms with E-state index in [0.717, 1.165) is 12.8 Å². The molecular formula is C18H40N2O2. The molecule has 0 aromatic heterocycles. The van der Waals surface area contributed by atoms with Crippen LogP contribution in [0.15, 0.2) is 0 Å². The summed E-state index contributed by atoms with van der Waals surface area (Å²) < 4.78 is 0. The number of rotatable bonds is 16. The number of unbranched alkanes of at least 4 members (excludes halogenated alkanes) is 13. The van der Waals surface area contributed by atoms with Crippen LogP contribution < -0.4 is 11.9 Å². The van der Waals surface area contributed by atoms with Crippen LogP contribution in [0.4, 0.5) is 0 Å². The fourth-order valence-corrected chi connectivity index (χ4v) is 2.67. The van der Waals surface area contributed by atoms with E-state index in [1.54, 1.807) is 0 Å². The van der Waals surface area contributed by atoms with E-state index in [2.05, 4.69) is 6.92 Å². The number of carbonyl (C=O) groups excluding carboxylic acids is 1. The van der Waals surface area contributed by atoms with Gasteiger partial charge in [-0.05, 0) is 6.42 Å². The van der Waals surface area contributed by atoms with E-state index in [-0.39, 0.29) is 6.15 Å². The number of aliphatic hydroxyl groups excluding tert-OH is 1. The van der Waals surface area contributed by atoms with Gasteiger partial charge < -0.3 is 17.0 Å². The lowest BCUT2D eigenvalue weighted by atomic mass is 10.0. The summed E-state index contributed by atoms with van der Waals surface area (Å²) in [6.45, 7) is 2.26. The number of amides is 1. The van der Waals surface area contributed by atoms with Crippen LogP contribution in [0, 0.1) is 0 Å². The Morgan fingerprint density at radius 3 is 1.41 bits per heavy atom. The summed E-state index contributed by atoms with van der Waals surface area (Å²) in [5.74, 6) is -0.593. The molecule has 134 valence electrons. The molecular weight excluding hydrogens is 276 g/mol. The minimum absolute atomic E-state index is 0. The highest BCUT2D eigenvalue weighted by molar-refractivity contribution is 5.78. The number of carbonyl (C=O) groups is 1. The van der Waals surface area contributed by atoms with Crippen LogP contribution in [0.1, 0.15) is 103 Å². The second-order valence-electron chi connectivity index (χ2n) is 6.30. The first-order chi connectivity index (χ1) is 10.2. The highest BCUT2D eigenvalue weighted by Crippen LogP contribution is 2.13. The average Bonchev–Trinajstić information content (AvgIpc) is 2.47. The number of hydrogen-bond acceptors (Lipinski definition) is 3. The second kappa shape index (κ2) is 18.4. The zero-order valence-electron chi connectivity index (χ0n) is 14.8. The number of primary amides is 1. The molecule has 0 heterocycles. The molecule has 0 aromatic carbocycles. The Balaban J connectivity index is 0. The summed E-state index contributed by atoms with van der Waals surface area (Å²) >= 11 is 0. The maximum absolute atomic E-state index is 10.6. The van der Waals surface area contributed by atoms with E-state index in [1.165, 1.54) is 77.0 Å². The Bertz CT molecular complexity index is 235. The van der Waals surface area contributed by atoms with Gasteiger partial charge in [0.2, 0.25) is 5.91 Å². The van der Waals surface area contributed by atoms with Crippen molar-refractivity contribution in [2.45, 2.75) is 109 Å². The topological polar surface area (TPSA) is 98.3 Å². The summed E-state index contributed by atoms with van der Waals surface area (Å²) in [4.78, 5) is 10.6. The minimum Gasteiger partial charge on any atom is -0.383 e. The van der Waals surface area contributed by atoms with Crippen LogP contribution >= 0.6 is 0 Å². The van der Waals surface area contributed by atoms with Crippen molar-refractivity contribution in [1.82, 2.24) is 6.15 Å². The van der Waals surface area contributed by atoms with E-state index >= 15 is 0 Å². The molecule has 0 aromatic rings. The number of nitrogens with two attached hydrogens (primary N) is 1. The van der Waals surface area contributed by atoms with Gasteiger partial charge in [-0.1, -0.05) is 96.8 Å².